The summed E-state index contributed by atoms with van der Waals surface area (Å²) in [6.07, 6.45) is 3.84. The van der Waals surface area contributed by atoms with Crippen molar-refractivity contribution in [1.29, 1.82) is 0 Å². The quantitative estimate of drug-likeness (QED) is 0.400. The first-order valence-corrected chi connectivity index (χ1v) is 10.9. The van der Waals surface area contributed by atoms with Crippen LogP contribution in [-0.4, -0.2) is 31.3 Å². The van der Waals surface area contributed by atoms with E-state index in [-0.39, 0.29) is 5.56 Å². The van der Waals surface area contributed by atoms with Crippen LogP contribution in [0.5, 0.6) is 5.75 Å². The molecule has 0 saturated carbocycles. The van der Waals surface area contributed by atoms with Gasteiger partial charge in [-0.3, -0.25) is 9.20 Å². The predicted octanol–water partition coefficient (Wildman–Crippen LogP) is 4.05. The molecule has 0 bridgehead atoms. The van der Waals surface area contributed by atoms with Crippen LogP contribution in [0.15, 0.2) is 64.7 Å². The van der Waals surface area contributed by atoms with E-state index >= 15 is 0 Å². The molecule has 3 aromatic heterocycles. The molecule has 0 aliphatic heterocycles. The Labute approximate surface area is 178 Å². The number of hydrogen-bond acceptors (Lipinski definition) is 6. The van der Waals surface area contributed by atoms with Crippen molar-refractivity contribution in [2.45, 2.75) is 37.2 Å². The van der Waals surface area contributed by atoms with Gasteiger partial charge >= 0.3 is 0 Å². The van der Waals surface area contributed by atoms with Gasteiger partial charge in [0.1, 0.15) is 11.4 Å². The number of nitrogens with zero attached hydrogens (tertiary/aromatic N) is 5. The molecular formula is C22H23N5O2S. The van der Waals surface area contributed by atoms with E-state index in [1.807, 2.05) is 42.5 Å². The molecule has 4 rings (SSSR count). The molecule has 30 heavy (non-hydrogen) atoms. The first-order chi connectivity index (χ1) is 14.7. The Bertz CT molecular complexity index is 1200. The Balaban J connectivity index is 1.60. The second-order valence-corrected chi connectivity index (χ2v) is 7.79. The Morgan fingerprint density at radius 1 is 1.10 bits per heavy atom. The third kappa shape index (κ3) is 4.23. The minimum absolute atomic E-state index is 0.0810. The second kappa shape index (κ2) is 9.13. The second-order valence-electron chi connectivity index (χ2n) is 6.84. The maximum absolute atomic E-state index is 12.3. The topological polar surface area (TPSA) is 74.3 Å². The molecule has 0 spiro atoms. The van der Waals surface area contributed by atoms with Crippen molar-refractivity contribution < 1.29 is 4.74 Å². The summed E-state index contributed by atoms with van der Waals surface area (Å²) in [5.74, 6) is 2.19. The molecule has 0 aliphatic rings. The highest BCUT2D eigenvalue weighted by molar-refractivity contribution is 7.98. The first-order valence-electron chi connectivity index (χ1n) is 9.87. The van der Waals surface area contributed by atoms with Crippen molar-refractivity contribution in [1.82, 2.24) is 24.1 Å². The molecule has 0 fully saturated rings. The zero-order valence-corrected chi connectivity index (χ0v) is 17.8. The summed E-state index contributed by atoms with van der Waals surface area (Å²) >= 11 is 1.55. The summed E-state index contributed by atoms with van der Waals surface area (Å²) in [6, 6.07) is 14.9. The molecule has 0 atom stereocenters. The van der Waals surface area contributed by atoms with E-state index in [2.05, 4.69) is 26.7 Å². The molecule has 3 heterocycles. The van der Waals surface area contributed by atoms with Crippen LogP contribution in [0.2, 0.25) is 0 Å². The van der Waals surface area contributed by atoms with Gasteiger partial charge in [-0.2, -0.15) is 0 Å². The highest BCUT2D eigenvalue weighted by Gasteiger charge is 2.15. The fraction of sp³-hybridized carbons (Fsp3) is 0.273. The van der Waals surface area contributed by atoms with Gasteiger partial charge in [-0.1, -0.05) is 31.2 Å². The van der Waals surface area contributed by atoms with E-state index in [1.54, 1.807) is 35.5 Å². The van der Waals surface area contributed by atoms with Crippen LogP contribution >= 0.6 is 11.8 Å². The molecule has 0 unspecified atom stereocenters. The SMILES string of the molecule is CCCCn1c(SCc2cc(=O)n3ccccc3n2)nnc1-c1ccc(OC)cc1. The molecule has 8 heteroatoms. The Kier molecular flexibility index (Phi) is 6.13. The van der Waals surface area contributed by atoms with Gasteiger partial charge in [-0.15, -0.1) is 10.2 Å². The predicted molar refractivity (Wildman–Crippen MR) is 118 cm³/mol. The number of pyridine rings is 1. The lowest BCUT2D eigenvalue weighted by molar-refractivity contribution is 0.415. The number of methoxy groups -OCH3 is 1. The fourth-order valence-electron chi connectivity index (χ4n) is 3.18. The average Bonchev–Trinajstić information content (AvgIpc) is 3.19. The number of ether oxygens (including phenoxy) is 1. The summed E-state index contributed by atoms with van der Waals surface area (Å²) in [6.45, 7) is 3.00. The van der Waals surface area contributed by atoms with Gasteiger partial charge in [0, 0.05) is 30.1 Å². The fourth-order valence-corrected chi connectivity index (χ4v) is 4.04. The molecule has 0 N–H and O–H groups in total. The third-order valence-corrected chi connectivity index (χ3v) is 5.77. The summed E-state index contributed by atoms with van der Waals surface area (Å²) in [4.78, 5) is 16.9. The number of aromatic nitrogens is 5. The highest BCUT2D eigenvalue weighted by atomic mass is 32.2. The van der Waals surface area contributed by atoms with Crippen LogP contribution in [0.3, 0.4) is 0 Å². The Morgan fingerprint density at radius 3 is 2.70 bits per heavy atom. The number of unbranched alkanes of at least 4 members (excludes halogenated alkanes) is 1. The maximum Gasteiger partial charge on any atom is 0.258 e. The number of thioether (sulfide) groups is 1. The van der Waals surface area contributed by atoms with Crippen molar-refractivity contribution in [3.8, 4) is 17.1 Å². The van der Waals surface area contributed by atoms with Gasteiger partial charge in [0.05, 0.1) is 12.8 Å². The molecule has 0 radical (unpaired) electrons. The van der Waals surface area contributed by atoms with Gasteiger partial charge in [0.2, 0.25) is 0 Å². The molecule has 0 saturated heterocycles. The largest absolute Gasteiger partial charge is 0.497 e. The van der Waals surface area contributed by atoms with Gasteiger partial charge in [0.15, 0.2) is 11.0 Å². The van der Waals surface area contributed by atoms with Crippen molar-refractivity contribution in [2.75, 3.05) is 7.11 Å². The normalized spacial score (nSPS) is 11.1. The number of hydrogen-bond donors (Lipinski definition) is 0. The number of rotatable bonds is 8. The van der Waals surface area contributed by atoms with E-state index in [9.17, 15) is 4.79 Å². The molecule has 4 aromatic rings. The van der Waals surface area contributed by atoms with Crippen molar-refractivity contribution in [3.05, 3.63) is 70.8 Å². The van der Waals surface area contributed by atoms with Crippen LogP contribution < -0.4 is 10.3 Å². The van der Waals surface area contributed by atoms with E-state index in [0.717, 1.165) is 47.4 Å². The van der Waals surface area contributed by atoms with Gasteiger partial charge < -0.3 is 9.30 Å². The van der Waals surface area contributed by atoms with E-state index in [4.69, 9.17) is 4.74 Å². The van der Waals surface area contributed by atoms with Crippen LogP contribution in [0.4, 0.5) is 0 Å². The Morgan fingerprint density at radius 2 is 1.93 bits per heavy atom. The zero-order valence-electron chi connectivity index (χ0n) is 17.0. The molecule has 0 aliphatic carbocycles. The van der Waals surface area contributed by atoms with Gasteiger partial charge in [-0.05, 0) is 42.8 Å². The minimum atomic E-state index is -0.0810. The summed E-state index contributed by atoms with van der Waals surface area (Å²) < 4.78 is 8.94. The van der Waals surface area contributed by atoms with Crippen LogP contribution in [-0.2, 0) is 12.3 Å². The Hall–Kier alpha value is -3.13. The smallest absolute Gasteiger partial charge is 0.258 e. The number of fused-ring (bicyclic) bond motifs is 1. The van der Waals surface area contributed by atoms with Crippen molar-refractivity contribution in [3.63, 3.8) is 0 Å². The molecule has 7 nitrogen and oxygen atoms in total. The van der Waals surface area contributed by atoms with Crippen LogP contribution in [0.1, 0.15) is 25.5 Å². The molecule has 0 amide bonds. The first kappa shape index (κ1) is 20.2. The standard InChI is InChI=1S/C22H23N5O2S/c1-3-4-12-27-21(16-8-10-18(29-2)11-9-16)24-25-22(27)30-15-17-14-20(28)26-13-6-5-7-19(26)23-17/h5-11,13-14H,3-4,12,15H2,1-2H3. The van der Waals surface area contributed by atoms with E-state index < -0.39 is 0 Å². The molecular weight excluding hydrogens is 398 g/mol. The molecule has 154 valence electrons. The number of benzene rings is 1. The van der Waals surface area contributed by atoms with Crippen molar-refractivity contribution >= 4 is 17.4 Å². The summed E-state index contributed by atoms with van der Waals surface area (Å²) in [5.41, 5.74) is 2.29. The lowest BCUT2D eigenvalue weighted by Crippen LogP contribution is -2.14. The summed E-state index contributed by atoms with van der Waals surface area (Å²) in [7, 11) is 1.65. The van der Waals surface area contributed by atoms with Gasteiger partial charge in [0.25, 0.3) is 5.56 Å². The lowest BCUT2D eigenvalue weighted by atomic mass is 10.2. The van der Waals surface area contributed by atoms with Crippen LogP contribution in [0, 0.1) is 0 Å². The van der Waals surface area contributed by atoms with Crippen LogP contribution in [0.25, 0.3) is 17.0 Å². The van der Waals surface area contributed by atoms with E-state index in [1.165, 1.54) is 0 Å². The average molecular weight is 422 g/mol. The minimum Gasteiger partial charge on any atom is -0.497 e. The monoisotopic (exact) mass is 421 g/mol. The van der Waals surface area contributed by atoms with E-state index in [0.29, 0.717) is 11.4 Å². The van der Waals surface area contributed by atoms with Gasteiger partial charge in [-0.25, -0.2) is 4.98 Å². The lowest BCUT2D eigenvalue weighted by Gasteiger charge is -2.10. The molecule has 1 aromatic carbocycles. The maximum atomic E-state index is 12.3. The van der Waals surface area contributed by atoms with Crippen molar-refractivity contribution in [2.24, 2.45) is 0 Å². The summed E-state index contributed by atoms with van der Waals surface area (Å²) in [5, 5.41) is 9.68. The zero-order chi connectivity index (χ0) is 20.9. The highest BCUT2D eigenvalue weighted by Crippen LogP contribution is 2.27. The third-order valence-electron chi connectivity index (χ3n) is 4.77.